The lowest BCUT2D eigenvalue weighted by molar-refractivity contribution is -0.138. The Balaban J connectivity index is 1.48. The maximum Gasteiger partial charge on any atom is 0.227 e. The van der Waals surface area contributed by atoms with Crippen LogP contribution in [0.5, 0.6) is 5.75 Å². The smallest absolute Gasteiger partial charge is 0.227 e. The van der Waals surface area contributed by atoms with Crippen molar-refractivity contribution in [1.29, 1.82) is 0 Å². The number of carbonyl (C=O) groups is 1. The fourth-order valence-electron chi connectivity index (χ4n) is 5.52. The third kappa shape index (κ3) is 6.59. The quantitative estimate of drug-likeness (QED) is 0.434. The van der Waals surface area contributed by atoms with Gasteiger partial charge in [0.25, 0.3) is 0 Å². The summed E-state index contributed by atoms with van der Waals surface area (Å²) in [7, 11) is 0. The van der Waals surface area contributed by atoms with Gasteiger partial charge < -0.3 is 9.64 Å². The summed E-state index contributed by atoms with van der Waals surface area (Å²) in [6.45, 7) is 13.7. The molecule has 2 heterocycles. The summed E-state index contributed by atoms with van der Waals surface area (Å²) in [5, 5.41) is 0.675. The molecule has 0 N–H and O–H groups in total. The van der Waals surface area contributed by atoms with Crippen molar-refractivity contribution in [1.82, 2.24) is 9.80 Å². The van der Waals surface area contributed by atoms with Gasteiger partial charge in [-0.3, -0.25) is 9.69 Å². The molecule has 1 atom stereocenters. The Labute approximate surface area is 216 Å². The van der Waals surface area contributed by atoms with E-state index in [0.717, 1.165) is 76.2 Å². The molecule has 2 aliphatic rings. The van der Waals surface area contributed by atoms with E-state index in [0.29, 0.717) is 17.5 Å². The summed E-state index contributed by atoms with van der Waals surface area (Å²) in [4.78, 5) is 18.4. The molecule has 0 saturated carbocycles. The Morgan fingerprint density at radius 3 is 2.83 bits per heavy atom. The molecule has 2 aliphatic heterocycles. The van der Waals surface area contributed by atoms with Gasteiger partial charge in [0.05, 0.1) is 17.5 Å². The standard InChI is InChI=1S/C30H41ClN2O2/c1-21(2)17-33(18-24-15-25-10-5-6-14-35-29(25)28(31)16-24)30(34)27-12-8-13-32(20-27)19-26-11-7-9-22(3)23(26)4/h7,9,11,15-16,21,27H,5-6,8,10,12-14,17-20H2,1-4H3. The van der Waals surface area contributed by atoms with E-state index in [1.54, 1.807) is 0 Å². The number of halogens is 1. The van der Waals surface area contributed by atoms with Gasteiger partial charge in [0.2, 0.25) is 5.91 Å². The zero-order valence-electron chi connectivity index (χ0n) is 21.9. The highest BCUT2D eigenvalue weighted by atomic mass is 35.5. The Hall–Kier alpha value is -2.04. The Kier molecular flexibility index (Phi) is 8.77. The lowest BCUT2D eigenvalue weighted by atomic mass is 9.94. The van der Waals surface area contributed by atoms with Crippen molar-refractivity contribution in [3.63, 3.8) is 0 Å². The van der Waals surface area contributed by atoms with Gasteiger partial charge in [-0.2, -0.15) is 0 Å². The van der Waals surface area contributed by atoms with Crippen molar-refractivity contribution >= 4 is 17.5 Å². The second-order valence-electron chi connectivity index (χ2n) is 10.9. The van der Waals surface area contributed by atoms with Gasteiger partial charge in [0, 0.05) is 26.2 Å². The summed E-state index contributed by atoms with van der Waals surface area (Å²) in [6.07, 6.45) is 5.18. The molecule has 0 aromatic heterocycles. The third-order valence-corrected chi connectivity index (χ3v) is 7.78. The van der Waals surface area contributed by atoms with Crippen LogP contribution in [-0.4, -0.2) is 41.9 Å². The lowest BCUT2D eigenvalue weighted by Gasteiger charge is -2.36. The van der Waals surface area contributed by atoms with Crippen molar-refractivity contribution in [3.05, 3.63) is 63.2 Å². The first kappa shape index (κ1) is 26.0. The monoisotopic (exact) mass is 496 g/mol. The molecule has 0 radical (unpaired) electrons. The summed E-state index contributed by atoms with van der Waals surface area (Å²) in [5.41, 5.74) is 6.36. The van der Waals surface area contributed by atoms with Crippen LogP contribution in [-0.2, 0) is 24.3 Å². The highest BCUT2D eigenvalue weighted by molar-refractivity contribution is 6.32. The number of hydrogen-bond donors (Lipinski definition) is 0. The largest absolute Gasteiger partial charge is 0.492 e. The zero-order chi connectivity index (χ0) is 24.9. The minimum absolute atomic E-state index is 0.0484. The van der Waals surface area contributed by atoms with Crippen molar-refractivity contribution < 1.29 is 9.53 Å². The number of benzene rings is 2. The van der Waals surface area contributed by atoms with Gasteiger partial charge in [-0.05, 0) is 92.3 Å². The van der Waals surface area contributed by atoms with Gasteiger partial charge in [-0.25, -0.2) is 0 Å². The molecule has 1 unspecified atom stereocenters. The summed E-state index contributed by atoms with van der Waals surface area (Å²) in [5.74, 6) is 1.58. The average Bonchev–Trinajstić information content (AvgIpc) is 3.07. The van der Waals surface area contributed by atoms with Crippen LogP contribution < -0.4 is 4.74 Å². The summed E-state index contributed by atoms with van der Waals surface area (Å²) < 4.78 is 5.90. The predicted octanol–water partition coefficient (Wildman–Crippen LogP) is 6.57. The Morgan fingerprint density at radius 2 is 2.03 bits per heavy atom. The number of fused-ring (bicyclic) bond motifs is 1. The number of piperidine rings is 1. The molecule has 4 nitrogen and oxygen atoms in total. The number of ether oxygens (including phenoxy) is 1. The van der Waals surface area contributed by atoms with E-state index in [-0.39, 0.29) is 11.8 Å². The Morgan fingerprint density at radius 1 is 1.20 bits per heavy atom. The van der Waals surface area contributed by atoms with Crippen molar-refractivity contribution in [2.45, 2.75) is 72.9 Å². The van der Waals surface area contributed by atoms with Crippen LogP contribution in [0.1, 0.15) is 67.3 Å². The molecule has 1 amide bonds. The number of amides is 1. The van der Waals surface area contributed by atoms with Crippen LogP contribution in [0, 0.1) is 25.7 Å². The van der Waals surface area contributed by atoms with Crippen molar-refractivity contribution in [3.8, 4) is 5.75 Å². The van der Waals surface area contributed by atoms with Crippen LogP contribution in [0.15, 0.2) is 30.3 Å². The van der Waals surface area contributed by atoms with Crippen LogP contribution >= 0.6 is 11.6 Å². The highest BCUT2D eigenvalue weighted by Gasteiger charge is 2.30. The topological polar surface area (TPSA) is 32.8 Å². The summed E-state index contributed by atoms with van der Waals surface area (Å²) in [6, 6.07) is 10.8. The normalized spacial score (nSPS) is 18.6. The first-order valence-corrected chi connectivity index (χ1v) is 13.7. The number of nitrogens with zero attached hydrogens (tertiary/aromatic N) is 2. The van der Waals surface area contributed by atoms with Gasteiger partial charge in [-0.1, -0.05) is 49.7 Å². The molecule has 4 rings (SSSR count). The maximum absolute atomic E-state index is 13.8. The van der Waals surface area contributed by atoms with Crippen molar-refractivity contribution in [2.75, 3.05) is 26.2 Å². The fraction of sp³-hybridized carbons (Fsp3) is 0.567. The first-order valence-electron chi connectivity index (χ1n) is 13.3. The van der Waals surface area contributed by atoms with Gasteiger partial charge >= 0.3 is 0 Å². The van der Waals surface area contributed by atoms with Gasteiger partial charge in [0.15, 0.2) is 0 Å². The third-order valence-electron chi connectivity index (χ3n) is 7.50. The van der Waals surface area contributed by atoms with Crippen LogP contribution in [0.4, 0.5) is 0 Å². The highest BCUT2D eigenvalue weighted by Crippen LogP contribution is 2.34. The molecule has 2 aromatic rings. The number of likely N-dealkylation sites (tertiary alicyclic amines) is 1. The summed E-state index contributed by atoms with van der Waals surface area (Å²) >= 11 is 6.62. The van der Waals surface area contributed by atoms with E-state index in [1.165, 1.54) is 22.3 Å². The van der Waals surface area contributed by atoms with E-state index < -0.39 is 0 Å². The molecule has 0 spiro atoms. The van der Waals surface area contributed by atoms with Gasteiger partial charge in [-0.15, -0.1) is 0 Å². The van der Waals surface area contributed by atoms with Crippen LogP contribution in [0.25, 0.3) is 0 Å². The minimum atomic E-state index is 0.0484. The molecule has 0 aliphatic carbocycles. The van der Waals surface area contributed by atoms with E-state index in [1.807, 2.05) is 6.07 Å². The molecule has 35 heavy (non-hydrogen) atoms. The lowest BCUT2D eigenvalue weighted by Crippen LogP contribution is -2.45. The maximum atomic E-state index is 13.8. The molecular formula is C30H41ClN2O2. The van der Waals surface area contributed by atoms with E-state index in [2.05, 4.69) is 61.8 Å². The SMILES string of the molecule is Cc1cccc(CN2CCCC(C(=O)N(Cc3cc(Cl)c4c(c3)CCCCO4)CC(C)C)C2)c1C. The van der Waals surface area contributed by atoms with Crippen molar-refractivity contribution in [2.24, 2.45) is 11.8 Å². The Bertz CT molecular complexity index is 1040. The molecule has 190 valence electrons. The molecular weight excluding hydrogens is 456 g/mol. The van der Waals surface area contributed by atoms with Crippen LogP contribution in [0.3, 0.4) is 0 Å². The van der Waals surface area contributed by atoms with E-state index in [9.17, 15) is 4.79 Å². The number of rotatable bonds is 7. The molecule has 0 bridgehead atoms. The average molecular weight is 497 g/mol. The van der Waals surface area contributed by atoms with Gasteiger partial charge in [0.1, 0.15) is 5.75 Å². The fourth-order valence-corrected chi connectivity index (χ4v) is 5.84. The molecule has 5 heteroatoms. The molecule has 1 fully saturated rings. The predicted molar refractivity (Wildman–Crippen MR) is 144 cm³/mol. The second kappa shape index (κ2) is 11.8. The second-order valence-corrected chi connectivity index (χ2v) is 11.3. The number of carbonyl (C=O) groups excluding carboxylic acids is 1. The number of aryl methyl sites for hydroxylation is 2. The first-order chi connectivity index (χ1) is 16.8. The molecule has 2 aromatic carbocycles. The number of hydrogen-bond acceptors (Lipinski definition) is 3. The zero-order valence-corrected chi connectivity index (χ0v) is 22.7. The van der Waals surface area contributed by atoms with Crippen LogP contribution in [0.2, 0.25) is 5.02 Å². The molecule has 1 saturated heterocycles. The van der Waals surface area contributed by atoms with E-state index in [4.69, 9.17) is 16.3 Å². The minimum Gasteiger partial charge on any atom is -0.492 e. The van der Waals surface area contributed by atoms with E-state index >= 15 is 0 Å².